The Morgan fingerprint density at radius 1 is 1.21 bits per heavy atom. The molecular formula is C20H22F3N5. The normalized spacial score (nSPS) is 13.5. The molecule has 0 saturated carbocycles. The Bertz CT molecular complexity index is 869. The highest BCUT2D eigenvalue weighted by atomic mass is 19.4. The van der Waals surface area contributed by atoms with Gasteiger partial charge in [-0.2, -0.15) is 13.2 Å². The van der Waals surface area contributed by atoms with E-state index < -0.39 is 11.9 Å². The van der Waals surface area contributed by atoms with Gasteiger partial charge in [0.15, 0.2) is 11.5 Å². The van der Waals surface area contributed by atoms with E-state index in [2.05, 4.69) is 27.4 Å². The maximum atomic E-state index is 13.2. The van der Waals surface area contributed by atoms with Crippen molar-refractivity contribution in [1.29, 1.82) is 0 Å². The average Bonchev–Trinajstić information content (AvgIpc) is 2.65. The van der Waals surface area contributed by atoms with Crippen LogP contribution in [0.1, 0.15) is 19.5 Å². The van der Waals surface area contributed by atoms with Crippen LogP contribution in [-0.2, 0) is 6.18 Å². The van der Waals surface area contributed by atoms with Gasteiger partial charge in [0, 0.05) is 23.4 Å². The summed E-state index contributed by atoms with van der Waals surface area (Å²) in [7, 11) is 0. The topological polar surface area (TPSA) is 75.9 Å². The van der Waals surface area contributed by atoms with Crippen molar-refractivity contribution in [2.24, 2.45) is 5.73 Å². The smallest absolute Gasteiger partial charge is 0.402 e. The van der Waals surface area contributed by atoms with E-state index in [4.69, 9.17) is 5.73 Å². The summed E-state index contributed by atoms with van der Waals surface area (Å²) in [5.41, 5.74) is 12.0. The predicted molar refractivity (Wildman–Crippen MR) is 105 cm³/mol. The molecular weight excluding hydrogens is 367 g/mol. The Morgan fingerprint density at radius 2 is 1.89 bits per heavy atom. The minimum absolute atomic E-state index is 0.00232. The van der Waals surface area contributed by atoms with Crippen molar-refractivity contribution < 1.29 is 13.2 Å². The Balaban J connectivity index is 2.19. The van der Waals surface area contributed by atoms with Gasteiger partial charge in [0.1, 0.15) is 5.82 Å². The Morgan fingerprint density at radius 3 is 2.50 bits per heavy atom. The molecule has 0 bridgehead atoms. The van der Waals surface area contributed by atoms with Gasteiger partial charge in [-0.1, -0.05) is 49.1 Å². The maximum Gasteiger partial charge on any atom is 0.433 e. The van der Waals surface area contributed by atoms with Gasteiger partial charge >= 0.3 is 6.18 Å². The summed E-state index contributed by atoms with van der Waals surface area (Å²) in [6.07, 6.45) is 0.632. The predicted octanol–water partition coefficient (Wildman–Crippen LogP) is 4.44. The first-order valence-corrected chi connectivity index (χ1v) is 8.49. The van der Waals surface area contributed by atoms with Crippen molar-refractivity contribution in [3.63, 3.8) is 0 Å². The van der Waals surface area contributed by atoms with Crippen molar-refractivity contribution in [1.82, 2.24) is 15.4 Å². The molecule has 0 aliphatic heterocycles. The summed E-state index contributed by atoms with van der Waals surface area (Å²) in [4.78, 5) is 7.82. The lowest BCUT2D eigenvalue weighted by Gasteiger charge is -2.17. The highest BCUT2D eigenvalue weighted by Gasteiger charge is 2.33. The zero-order valence-electron chi connectivity index (χ0n) is 15.6. The van der Waals surface area contributed by atoms with Crippen LogP contribution in [0.5, 0.6) is 0 Å². The number of aromatic nitrogens is 2. The van der Waals surface area contributed by atoms with Crippen LogP contribution >= 0.6 is 0 Å². The number of allylic oxidation sites excluding steroid dienone is 3. The van der Waals surface area contributed by atoms with E-state index in [-0.39, 0.29) is 17.7 Å². The van der Waals surface area contributed by atoms with Gasteiger partial charge in [-0.15, -0.1) is 0 Å². The Kier molecular flexibility index (Phi) is 6.94. The molecule has 2 rings (SSSR count). The SMILES string of the molecule is C=C(/C=C\C=C(/C)N)C(C)NNc1cc(C(F)(F)F)nc(-c2ccccc2)n1. The first-order valence-electron chi connectivity index (χ1n) is 8.49. The first kappa shape index (κ1) is 21.2. The third kappa shape index (κ3) is 6.24. The van der Waals surface area contributed by atoms with Crippen LogP contribution in [0.15, 0.2) is 72.5 Å². The molecule has 1 aromatic heterocycles. The second kappa shape index (κ2) is 9.18. The van der Waals surface area contributed by atoms with Crippen molar-refractivity contribution >= 4 is 5.82 Å². The fraction of sp³-hybridized carbons (Fsp3) is 0.200. The Labute approximate surface area is 161 Å². The molecule has 1 unspecified atom stereocenters. The minimum atomic E-state index is -4.59. The Hall–Kier alpha value is -3.13. The third-order valence-corrected chi connectivity index (χ3v) is 3.69. The highest BCUT2D eigenvalue weighted by Crippen LogP contribution is 2.30. The number of alkyl halides is 3. The van der Waals surface area contributed by atoms with Gasteiger partial charge in [0.05, 0.1) is 0 Å². The fourth-order valence-corrected chi connectivity index (χ4v) is 2.12. The summed E-state index contributed by atoms with van der Waals surface area (Å²) in [6.45, 7) is 7.48. The molecule has 148 valence electrons. The molecule has 1 heterocycles. The second-order valence-corrected chi connectivity index (χ2v) is 6.16. The average molecular weight is 389 g/mol. The molecule has 2 aromatic rings. The van der Waals surface area contributed by atoms with E-state index in [1.165, 1.54) is 0 Å². The number of hydrazine groups is 1. The number of hydrogen-bond donors (Lipinski definition) is 3. The maximum absolute atomic E-state index is 13.2. The van der Waals surface area contributed by atoms with E-state index >= 15 is 0 Å². The van der Waals surface area contributed by atoms with E-state index in [9.17, 15) is 13.2 Å². The monoisotopic (exact) mass is 389 g/mol. The number of nitrogens with one attached hydrogen (secondary N) is 2. The standard InChI is InChI=1S/C20H22F3N5/c1-13(8-7-9-14(2)24)15(3)27-28-18-12-17(20(21,22)23)25-19(26-18)16-10-5-4-6-11-16/h4-12,15,27H,1,24H2,2-3H3,(H,25,26,28)/b8-7-,14-9+. The number of halogens is 3. The van der Waals surface area contributed by atoms with Crippen molar-refractivity contribution in [2.75, 3.05) is 5.43 Å². The molecule has 28 heavy (non-hydrogen) atoms. The largest absolute Gasteiger partial charge is 0.433 e. The summed E-state index contributed by atoms with van der Waals surface area (Å²) < 4.78 is 39.7. The van der Waals surface area contributed by atoms with E-state index in [1.54, 1.807) is 55.5 Å². The molecule has 1 aromatic carbocycles. The molecule has 0 spiro atoms. The van der Waals surface area contributed by atoms with Gasteiger partial charge in [0.2, 0.25) is 0 Å². The molecule has 0 amide bonds. The van der Waals surface area contributed by atoms with Crippen LogP contribution in [0.3, 0.4) is 0 Å². The number of anilines is 1. The molecule has 0 aliphatic rings. The van der Waals surface area contributed by atoms with Gasteiger partial charge in [-0.05, 0) is 25.5 Å². The third-order valence-electron chi connectivity index (χ3n) is 3.69. The second-order valence-electron chi connectivity index (χ2n) is 6.16. The molecule has 5 nitrogen and oxygen atoms in total. The molecule has 4 N–H and O–H groups in total. The van der Waals surface area contributed by atoms with Crippen LogP contribution in [0.25, 0.3) is 11.4 Å². The van der Waals surface area contributed by atoms with Crippen molar-refractivity contribution in [3.05, 3.63) is 78.2 Å². The summed E-state index contributed by atoms with van der Waals surface area (Å²) in [6, 6.07) is 9.06. The van der Waals surface area contributed by atoms with Crippen LogP contribution in [0.4, 0.5) is 19.0 Å². The summed E-state index contributed by atoms with van der Waals surface area (Å²) >= 11 is 0. The quantitative estimate of drug-likeness (QED) is 0.482. The molecule has 8 heteroatoms. The number of rotatable bonds is 7. The molecule has 1 atom stereocenters. The lowest BCUT2D eigenvalue weighted by Crippen LogP contribution is -2.33. The van der Waals surface area contributed by atoms with E-state index in [0.29, 0.717) is 16.8 Å². The van der Waals surface area contributed by atoms with Gasteiger partial charge in [-0.25, -0.2) is 15.4 Å². The lowest BCUT2D eigenvalue weighted by molar-refractivity contribution is -0.141. The molecule has 0 aliphatic carbocycles. The van der Waals surface area contributed by atoms with Crippen LogP contribution in [0.2, 0.25) is 0 Å². The number of hydrogen-bond acceptors (Lipinski definition) is 5. The summed E-state index contributed by atoms with van der Waals surface area (Å²) in [5.74, 6) is -0.0165. The minimum Gasteiger partial charge on any atom is -0.402 e. The lowest BCUT2D eigenvalue weighted by atomic mass is 10.1. The molecule has 0 saturated heterocycles. The highest BCUT2D eigenvalue weighted by molar-refractivity contribution is 5.57. The van der Waals surface area contributed by atoms with E-state index in [0.717, 1.165) is 6.07 Å². The fourth-order valence-electron chi connectivity index (χ4n) is 2.12. The number of benzene rings is 1. The van der Waals surface area contributed by atoms with Crippen molar-refractivity contribution in [3.8, 4) is 11.4 Å². The number of nitrogens with zero attached hydrogens (tertiary/aromatic N) is 2. The summed E-state index contributed by atoms with van der Waals surface area (Å²) in [5, 5.41) is 0. The van der Waals surface area contributed by atoms with Gasteiger partial charge < -0.3 is 11.2 Å². The van der Waals surface area contributed by atoms with Crippen LogP contribution < -0.4 is 16.6 Å². The molecule has 0 radical (unpaired) electrons. The first-order chi connectivity index (χ1) is 13.2. The zero-order chi connectivity index (χ0) is 20.7. The molecule has 0 fully saturated rings. The zero-order valence-corrected chi connectivity index (χ0v) is 15.6. The van der Waals surface area contributed by atoms with Gasteiger partial charge in [0.25, 0.3) is 0 Å². The van der Waals surface area contributed by atoms with Gasteiger partial charge in [-0.3, -0.25) is 0 Å². The van der Waals surface area contributed by atoms with Crippen LogP contribution in [-0.4, -0.2) is 16.0 Å². The van der Waals surface area contributed by atoms with Crippen LogP contribution in [0, 0.1) is 0 Å². The van der Waals surface area contributed by atoms with E-state index in [1.807, 2.05) is 6.92 Å². The van der Waals surface area contributed by atoms with Crippen molar-refractivity contribution in [2.45, 2.75) is 26.1 Å². The number of nitrogens with two attached hydrogens (primary N) is 1.